The predicted octanol–water partition coefficient (Wildman–Crippen LogP) is 3.11. The summed E-state index contributed by atoms with van der Waals surface area (Å²) in [4.78, 5) is 26.6. The van der Waals surface area contributed by atoms with Crippen molar-refractivity contribution in [1.82, 2.24) is 10.3 Å². The zero-order valence-corrected chi connectivity index (χ0v) is 12.7. The van der Waals surface area contributed by atoms with E-state index in [1.54, 1.807) is 33.9 Å². The second-order valence-corrected chi connectivity index (χ2v) is 6.20. The van der Waals surface area contributed by atoms with Crippen molar-refractivity contribution >= 4 is 23.3 Å². The molecule has 0 saturated carbocycles. The van der Waals surface area contributed by atoms with Crippen LogP contribution < -0.4 is 5.32 Å². The fraction of sp³-hybridized carbons (Fsp3) is 0.375. The molecule has 5 heteroatoms. The Morgan fingerprint density at radius 1 is 1.24 bits per heavy atom. The van der Waals surface area contributed by atoms with E-state index in [0.29, 0.717) is 11.8 Å². The molecule has 5 nitrogen and oxygen atoms in total. The van der Waals surface area contributed by atoms with Gasteiger partial charge >= 0.3 is 6.09 Å². The van der Waals surface area contributed by atoms with E-state index in [9.17, 15) is 9.59 Å². The van der Waals surface area contributed by atoms with E-state index in [0.717, 1.165) is 10.9 Å². The van der Waals surface area contributed by atoms with E-state index in [1.165, 1.54) is 0 Å². The topological polar surface area (TPSA) is 71.2 Å². The minimum atomic E-state index is -1.15. The van der Waals surface area contributed by atoms with Gasteiger partial charge in [0.15, 0.2) is 0 Å². The number of amides is 1. The van der Waals surface area contributed by atoms with Crippen LogP contribution in [0.3, 0.4) is 0 Å². The van der Waals surface area contributed by atoms with Gasteiger partial charge in [0.05, 0.1) is 0 Å². The Bertz CT molecular complexity index is 669. The number of aromatic amines is 1. The number of hydrogen-bond acceptors (Lipinski definition) is 3. The SMILES string of the molecule is CC(C)(C)OC(=O)NC(C)(C=O)c1c[nH]c2ccccc12. The van der Waals surface area contributed by atoms with Gasteiger partial charge < -0.3 is 19.8 Å². The minimum Gasteiger partial charge on any atom is -0.444 e. The molecular weight excluding hydrogens is 268 g/mol. The van der Waals surface area contributed by atoms with Crippen LogP contribution in [0.2, 0.25) is 0 Å². The lowest BCUT2D eigenvalue weighted by molar-refractivity contribution is -0.113. The summed E-state index contributed by atoms with van der Waals surface area (Å²) in [5.41, 5.74) is -0.152. The molecule has 0 aliphatic rings. The van der Waals surface area contributed by atoms with Crippen molar-refractivity contribution in [3.63, 3.8) is 0 Å². The molecule has 2 rings (SSSR count). The van der Waals surface area contributed by atoms with E-state index in [-0.39, 0.29) is 0 Å². The normalized spacial score (nSPS) is 14.5. The number of rotatable bonds is 3. The number of benzene rings is 1. The van der Waals surface area contributed by atoms with Crippen LogP contribution in [0, 0.1) is 0 Å². The van der Waals surface area contributed by atoms with Gasteiger partial charge in [-0.25, -0.2) is 4.79 Å². The Morgan fingerprint density at radius 2 is 1.90 bits per heavy atom. The van der Waals surface area contributed by atoms with E-state index < -0.39 is 17.2 Å². The van der Waals surface area contributed by atoms with Crippen molar-refractivity contribution < 1.29 is 14.3 Å². The molecule has 0 spiro atoms. The second-order valence-electron chi connectivity index (χ2n) is 6.20. The lowest BCUT2D eigenvalue weighted by atomic mass is 9.93. The number of aldehydes is 1. The molecule has 2 N–H and O–H groups in total. The Balaban J connectivity index is 2.33. The summed E-state index contributed by atoms with van der Waals surface area (Å²) >= 11 is 0. The van der Waals surface area contributed by atoms with Crippen molar-refractivity contribution in [1.29, 1.82) is 0 Å². The molecule has 21 heavy (non-hydrogen) atoms. The van der Waals surface area contributed by atoms with Crippen LogP contribution in [0.5, 0.6) is 0 Å². The van der Waals surface area contributed by atoms with Gasteiger partial charge in [-0.15, -0.1) is 0 Å². The fourth-order valence-corrected chi connectivity index (χ4v) is 2.18. The summed E-state index contributed by atoms with van der Waals surface area (Å²) < 4.78 is 5.23. The molecular formula is C16H20N2O3. The van der Waals surface area contributed by atoms with Crippen molar-refractivity contribution in [2.75, 3.05) is 0 Å². The molecule has 0 radical (unpaired) electrons. The van der Waals surface area contributed by atoms with Gasteiger partial charge in [-0.2, -0.15) is 0 Å². The predicted molar refractivity (Wildman–Crippen MR) is 81.1 cm³/mol. The molecule has 1 amide bonds. The first-order chi connectivity index (χ1) is 9.75. The fourth-order valence-electron chi connectivity index (χ4n) is 2.18. The molecule has 1 aromatic heterocycles. The highest BCUT2D eigenvalue weighted by molar-refractivity contribution is 5.89. The highest BCUT2D eigenvalue weighted by Crippen LogP contribution is 2.27. The van der Waals surface area contributed by atoms with Crippen molar-refractivity contribution in [3.8, 4) is 0 Å². The first-order valence-electron chi connectivity index (χ1n) is 6.79. The lowest BCUT2D eigenvalue weighted by Gasteiger charge is -2.27. The number of carbonyl (C=O) groups is 2. The zero-order valence-electron chi connectivity index (χ0n) is 12.7. The Kier molecular flexibility index (Phi) is 3.77. The van der Waals surface area contributed by atoms with E-state index in [4.69, 9.17) is 4.74 Å². The average molecular weight is 288 g/mol. The number of H-pyrrole nitrogens is 1. The van der Waals surface area contributed by atoms with Gasteiger partial charge in [0, 0.05) is 22.7 Å². The largest absolute Gasteiger partial charge is 0.444 e. The summed E-state index contributed by atoms with van der Waals surface area (Å²) in [5.74, 6) is 0. The third kappa shape index (κ3) is 3.24. The smallest absolute Gasteiger partial charge is 0.408 e. The van der Waals surface area contributed by atoms with Crippen LogP contribution in [0.4, 0.5) is 4.79 Å². The molecule has 0 bridgehead atoms. The number of carbonyl (C=O) groups excluding carboxylic acids is 2. The van der Waals surface area contributed by atoms with Crippen LogP contribution in [0.1, 0.15) is 33.3 Å². The highest BCUT2D eigenvalue weighted by Gasteiger charge is 2.32. The van der Waals surface area contributed by atoms with Crippen molar-refractivity contribution in [3.05, 3.63) is 36.0 Å². The molecule has 1 heterocycles. The minimum absolute atomic E-state index is 0.617. The number of ether oxygens (including phenoxy) is 1. The Morgan fingerprint density at radius 3 is 2.52 bits per heavy atom. The molecule has 2 aromatic rings. The first kappa shape index (κ1) is 15.1. The number of para-hydroxylation sites is 1. The quantitative estimate of drug-likeness (QED) is 0.852. The van der Waals surface area contributed by atoms with Gasteiger partial charge in [-0.05, 0) is 33.8 Å². The van der Waals surface area contributed by atoms with E-state index in [2.05, 4.69) is 10.3 Å². The van der Waals surface area contributed by atoms with Crippen LogP contribution in [-0.4, -0.2) is 23.0 Å². The van der Waals surface area contributed by atoms with Gasteiger partial charge in [0.2, 0.25) is 0 Å². The third-order valence-electron chi connectivity index (χ3n) is 3.15. The molecule has 0 fully saturated rings. The lowest BCUT2D eigenvalue weighted by Crippen LogP contribution is -2.46. The standard InChI is InChI=1S/C16H20N2O3/c1-15(2,3)21-14(20)18-16(4,10-19)12-9-17-13-8-6-5-7-11(12)13/h5-10,17H,1-4H3,(H,18,20). The zero-order chi connectivity index (χ0) is 15.7. The number of alkyl carbamates (subject to hydrolysis) is 1. The Labute approximate surface area is 123 Å². The summed E-state index contributed by atoms with van der Waals surface area (Å²) in [6.45, 7) is 6.98. The molecule has 112 valence electrons. The number of nitrogens with one attached hydrogen (secondary N) is 2. The number of aromatic nitrogens is 1. The summed E-state index contributed by atoms with van der Waals surface area (Å²) in [6, 6.07) is 7.61. The monoisotopic (exact) mass is 288 g/mol. The van der Waals surface area contributed by atoms with Crippen LogP contribution in [-0.2, 0) is 15.1 Å². The molecule has 0 saturated heterocycles. The van der Waals surface area contributed by atoms with Gasteiger partial charge in [0.1, 0.15) is 17.4 Å². The maximum Gasteiger partial charge on any atom is 0.408 e. The summed E-state index contributed by atoms with van der Waals surface area (Å²) in [5, 5.41) is 3.54. The van der Waals surface area contributed by atoms with Gasteiger partial charge in [-0.1, -0.05) is 18.2 Å². The highest BCUT2D eigenvalue weighted by atomic mass is 16.6. The maximum absolute atomic E-state index is 12.0. The number of hydrogen-bond donors (Lipinski definition) is 2. The number of fused-ring (bicyclic) bond motifs is 1. The van der Waals surface area contributed by atoms with Crippen molar-refractivity contribution in [2.24, 2.45) is 0 Å². The van der Waals surface area contributed by atoms with Crippen LogP contribution in [0.15, 0.2) is 30.5 Å². The van der Waals surface area contributed by atoms with Gasteiger partial charge in [0.25, 0.3) is 0 Å². The molecule has 0 aliphatic heterocycles. The Hall–Kier alpha value is -2.30. The van der Waals surface area contributed by atoms with Crippen molar-refractivity contribution in [2.45, 2.75) is 38.8 Å². The van der Waals surface area contributed by atoms with Gasteiger partial charge in [-0.3, -0.25) is 0 Å². The van der Waals surface area contributed by atoms with Crippen LogP contribution in [0.25, 0.3) is 10.9 Å². The molecule has 0 aliphatic carbocycles. The maximum atomic E-state index is 12.0. The second kappa shape index (κ2) is 5.24. The van der Waals surface area contributed by atoms with Crippen LogP contribution >= 0.6 is 0 Å². The third-order valence-corrected chi connectivity index (χ3v) is 3.15. The van der Waals surface area contributed by atoms with E-state index >= 15 is 0 Å². The molecule has 1 atom stereocenters. The average Bonchev–Trinajstić information content (AvgIpc) is 2.80. The first-order valence-corrected chi connectivity index (χ1v) is 6.79. The molecule has 1 unspecified atom stereocenters. The molecule has 1 aromatic carbocycles. The summed E-state index contributed by atoms with van der Waals surface area (Å²) in [7, 11) is 0. The summed E-state index contributed by atoms with van der Waals surface area (Å²) in [6.07, 6.45) is 1.82. The van der Waals surface area contributed by atoms with E-state index in [1.807, 2.05) is 24.3 Å².